The molecule has 0 saturated carbocycles. The van der Waals surface area contributed by atoms with Crippen molar-refractivity contribution in [1.82, 2.24) is 4.98 Å². The third-order valence-electron chi connectivity index (χ3n) is 7.30. The minimum Gasteiger partial charge on any atom is -0.465 e. The molecule has 5 rings (SSSR count). The molecular weight excluding hydrogens is 536 g/mol. The number of rotatable bonds is 9. The number of hydroxylamine groups is 3. The van der Waals surface area contributed by atoms with Gasteiger partial charge in [-0.1, -0.05) is 16.8 Å². The van der Waals surface area contributed by atoms with Gasteiger partial charge in [0.2, 0.25) is 0 Å². The molecule has 0 bridgehead atoms. The van der Waals surface area contributed by atoms with E-state index in [0.29, 0.717) is 36.4 Å². The van der Waals surface area contributed by atoms with E-state index in [9.17, 15) is 14.0 Å². The number of nitrogens with zero attached hydrogens (tertiary/aromatic N) is 2. The van der Waals surface area contributed by atoms with Crippen LogP contribution < -0.4 is 10.2 Å². The highest BCUT2D eigenvalue weighted by Crippen LogP contribution is 2.33. The Morgan fingerprint density at radius 1 is 1.10 bits per heavy atom. The Balaban J connectivity index is 1.42. The summed E-state index contributed by atoms with van der Waals surface area (Å²) in [6.45, 7) is 2.43. The summed E-state index contributed by atoms with van der Waals surface area (Å²) in [4.78, 5) is 36.3. The molecule has 3 aromatic carbocycles. The van der Waals surface area contributed by atoms with Gasteiger partial charge in [-0.15, -0.1) is 0 Å². The van der Waals surface area contributed by atoms with Crippen molar-refractivity contribution >= 4 is 34.7 Å². The van der Waals surface area contributed by atoms with Gasteiger partial charge in [0.1, 0.15) is 24.5 Å². The van der Waals surface area contributed by atoms with E-state index in [-0.39, 0.29) is 52.3 Å². The van der Waals surface area contributed by atoms with Gasteiger partial charge in [0.15, 0.2) is 23.2 Å². The molecule has 1 aromatic heterocycles. The maximum atomic E-state index is 15.7. The molecule has 0 spiro atoms. The van der Waals surface area contributed by atoms with Crippen LogP contribution in [0.15, 0.2) is 59.0 Å². The van der Waals surface area contributed by atoms with Crippen LogP contribution in [0, 0.1) is 18.6 Å². The summed E-state index contributed by atoms with van der Waals surface area (Å²) in [5.41, 5.74) is 1.79. The molecule has 4 aromatic rings. The van der Waals surface area contributed by atoms with Crippen molar-refractivity contribution in [2.45, 2.75) is 32.2 Å². The predicted octanol–water partition coefficient (Wildman–Crippen LogP) is 5.63. The van der Waals surface area contributed by atoms with Crippen LogP contribution in [0.1, 0.15) is 34.3 Å². The second-order valence-corrected chi connectivity index (χ2v) is 9.94. The lowest BCUT2D eigenvalue weighted by molar-refractivity contribution is -1.02. The van der Waals surface area contributed by atoms with Crippen LogP contribution in [0.4, 0.5) is 20.5 Å². The lowest BCUT2D eigenvalue weighted by Crippen LogP contribution is -2.60. The van der Waals surface area contributed by atoms with Crippen LogP contribution in [0.25, 0.3) is 11.1 Å². The molecule has 2 atom stereocenters. The first-order valence-electron chi connectivity index (χ1n) is 13.1. The van der Waals surface area contributed by atoms with Gasteiger partial charge in [0.25, 0.3) is 6.01 Å². The predicted molar refractivity (Wildman–Crippen MR) is 146 cm³/mol. The molecule has 0 aliphatic carbocycles. The summed E-state index contributed by atoms with van der Waals surface area (Å²) in [5, 5.41) is 2.89. The third-order valence-corrected chi connectivity index (χ3v) is 7.30. The molecule has 2 unspecified atom stereocenters. The van der Waals surface area contributed by atoms with Crippen LogP contribution >= 0.6 is 0 Å². The van der Waals surface area contributed by atoms with Crippen molar-refractivity contribution < 1.29 is 41.7 Å². The summed E-state index contributed by atoms with van der Waals surface area (Å²) < 4.78 is 44.8. The molecule has 9 nitrogen and oxygen atoms in total. The van der Waals surface area contributed by atoms with Crippen molar-refractivity contribution in [3.05, 3.63) is 82.9 Å². The zero-order valence-corrected chi connectivity index (χ0v) is 22.9. The van der Waals surface area contributed by atoms with Gasteiger partial charge in [-0.25, -0.2) is 18.4 Å². The highest BCUT2D eigenvalue weighted by Gasteiger charge is 2.52. The number of oxazole rings is 1. The number of esters is 1. The van der Waals surface area contributed by atoms with E-state index in [1.165, 1.54) is 25.3 Å². The number of benzene rings is 3. The lowest BCUT2D eigenvalue weighted by Gasteiger charge is -2.34. The van der Waals surface area contributed by atoms with Gasteiger partial charge < -0.3 is 24.0 Å². The Hall–Kier alpha value is -4.35. The SMILES string of the molecule is COCC1CCC[N+]1(Oc1ccc(C(=O)OC)cc1)C(=O)Cc1ccc2nc(Nc3cc(F)ccc3C)oc2c1F. The zero-order chi connectivity index (χ0) is 29.1. The monoisotopic (exact) mass is 566 g/mol. The van der Waals surface area contributed by atoms with E-state index in [1.807, 2.05) is 0 Å². The van der Waals surface area contributed by atoms with Gasteiger partial charge in [0.05, 0.1) is 19.1 Å². The van der Waals surface area contributed by atoms with E-state index < -0.39 is 17.6 Å². The van der Waals surface area contributed by atoms with E-state index in [4.69, 9.17) is 18.7 Å². The number of quaternary nitrogens is 1. The van der Waals surface area contributed by atoms with Gasteiger partial charge >= 0.3 is 11.9 Å². The van der Waals surface area contributed by atoms with Crippen LogP contribution in [0.5, 0.6) is 5.75 Å². The van der Waals surface area contributed by atoms with Crippen molar-refractivity contribution in [2.24, 2.45) is 0 Å². The number of halogens is 2. The Kier molecular flexibility index (Phi) is 8.00. The number of amides is 1. The third kappa shape index (κ3) is 5.63. The number of methoxy groups -OCH3 is 2. The first-order chi connectivity index (χ1) is 19.7. The highest BCUT2D eigenvalue weighted by atomic mass is 19.1. The van der Waals surface area contributed by atoms with Crippen LogP contribution in [0.2, 0.25) is 0 Å². The molecular formula is C30H30F2N3O6+. The van der Waals surface area contributed by atoms with Crippen LogP contribution in [-0.4, -0.2) is 54.9 Å². The topological polar surface area (TPSA) is 99.9 Å². The Labute approximate surface area is 235 Å². The fourth-order valence-electron chi connectivity index (χ4n) is 5.14. The summed E-state index contributed by atoms with van der Waals surface area (Å²) in [6.07, 6.45) is 1.12. The van der Waals surface area contributed by atoms with Gasteiger partial charge in [0, 0.05) is 31.2 Å². The molecule has 1 N–H and O–H groups in total. The normalized spacial score (nSPS) is 18.4. The van der Waals surface area contributed by atoms with Crippen molar-refractivity contribution in [3.63, 3.8) is 0 Å². The van der Waals surface area contributed by atoms with Gasteiger partial charge in [-0.3, -0.25) is 0 Å². The molecule has 1 aliphatic heterocycles. The zero-order valence-electron chi connectivity index (χ0n) is 22.9. The van der Waals surface area contributed by atoms with Gasteiger partial charge in [-0.2, -0.15) is 4.98 Å². The van der Waals surface area contributed by atoms with Crippen LogP contribution in [0.3, 0.4) is 0 Å². The molecule has 11 heteroatoms. The average Bonchev–Trinajstić information content (AvgIpc) is 3.57. The number of ether oxygens (including phenoxy) is 2. The van der Waals surface area contributed by atoms with Gasteiger partial charge in [-0.05, 0) is 55.0 Å². The second kappa shape index (κ2) is 11.6. The van der Waals surface area contributed by atoms with Crippen molar-refractivity contribution in [1.29, 1.82) is 0 Å². The maximum Gasteiger partial charge on any atom is 0.359 e. The minimum absolute atomic E-state index is 0.00184. The Bertz CT molecular complexity index is 1590. The summed E-state index contributed by atoms with van der Waals surface area (Å²) >= 11 is 0. The number of carbonyl (C=O) groups is 2. The van der Waals surface area contributed by atoms with Crippen molar-refractivity contribution in [3.8, 4) is 5.75 Å². The molecule has 214 valence electrons. The summed E-state index contributed by atoms with van der Waals surface area (Å²) in [6, 6.07) is 13.3. The Morgan fingerprint density at radius 2 is 1.88 bits per heavy atom. The largest absolute Gasteiger partial charge is 0.465 e. The highest BCUT2D eigenvalue weighted by molar-refractivity contribution is 5.89. The average molecular weight is 567 g/mol. The number of likely N-dealkylation sites (tertiary alicyclic amines) is 1. The number of fused-ring (bicyclic) bond motifs is 1. The number of carbonyl (C=O) groups excluding carboxylic acids is 2. The number of anilines is 2. The van der Waals surface area contributed by atoms with E-state index in [0.717, 1.165) is 5.56 Å². The number of hydrogen-bond acceptors (Lipinski definition) is 8. The van der Waals surface area contributed by atoms with Crippen molar-refractivity contribution in [2.75, 3.05) is 32.7 Å². The molecule has 41 heavy (non-hydrogen) atoms. The molecule has 1 saturated heterocycles. The molecule has 1 amide bonds. The Morgan fingerprint density at radius 3 is 2.61 bits per heavy atom. The number of aryl methyl sites for hydroxylation is 1. The fourth-order valence-corrected chi connectivity index (χ4v) is 5.14. The number of aromatic nitrogens is 1. The number of nitrogens with one attached hydrogen (secondary N) is 1. The molecule has 0 radical (unpaired) electrons. The van der Waals surface area contributed by atoms with E-state index >= 15 is 4.39 Å². The fraction of sp³-hybridized carbons (Fsp3) is 0.300. The summed E-state index contributed by atoms with van der Waals surface area (Å²) in [5.74, 6) is -1.61. The minimum atomic E-state index is -0.713. The maximum absolute atomic E-state index is 15.7. The quantitative estimate of drug-likeness (QED) is 0.206. The van der Waals surface area contributed by atoms with Crippen LogP contribution in [-0.2, 0) is 20.7 Å². The first-order valence-corrected chi connectivity index (χ1v) is 13.1. The first kappa shape index (κ1) is 28.2. The summed E-state index contributed by atoms with van der Waals surface area (Å²) in [7, 11) is 2.85. The standard InChI is InChI=1S/C30H30F2N3O6/c1-18-6-10-21(31)16-25(18)34-30-33-24-13-9-20(27(32)28(24)40-30)15-26(36)35(14-4-5-22(35)17-38-2)41-23-11-7-19(8-12-23)29(37)39-3/h6-13,16,22H,4-5,14-15,17H2,1-3H3,(H,33,34)/q+1. The smallest absolute Gasteiger partial charge is 0.359 e. The van der Waals surface area contributed by atoms with E-state index in [1.54, 1.807) is 50.4 Å². The number of hydrogen-bond donors (Lipinski definition) is 1. The lowest BCUT2D eigenvalue weighted by atomic mass is 10.1. The molecule has 2 heterocycles. The second-order valence-electron chi connectivity index (χ2n) is 9.94. The molecule has 1 fully saturated rings. The molecule has 1 aliphatic rings. The van der Waals surface area contributed by atoms with E-state index in [2.05, 4.69) is 10.3 Å².